The van der Waals surface area contributed by atoms with Crippen molar-refractivity contribution < 1.29 is 9.94 Å². The van der Waals surface area contributed by atoms with E-state index in [1.54, 1.807) is 7.11 Å². The molecule has 0 spiro atoms. The van der Waals surface area contributed by atoms with E-state index in [0.717, 1.165) is 17.4 Å². The van der Waals surface area contributed by atoms with Crippen LogP contribution in [-0.4, -0.2) is 23.9 Å². The molecule has 0 bridgehead atoms. The van der Waals surface area contributed by atoms with Crippen molar-refractivity contribution in [3.05, 3.63) is 29.3 Å². The SMILES string of the molecule is COc1cc(CSCCC(C)C)ccc1/C(N)=N/O. The van der Waals surface area contributed by atoms with E-state index in [2.05, 4.69) is 19.0 Å². The summed E-state index contributed by atoms with van der Waals surface area (Å²) >= 11 is 1.91. The van der Waals surface area contributed by atoms with E-state index < -0.39 is 0 Å². The van der Waals surface area contributed by atoms with Crippen LogP contribution in [0.1, 0.15) is 31.4 Å². The minimum Gasteiger partial charge on any atom is -0.496 e. The molecule has 1 aromatic carbocycles. The third kappa shape index (κ3) is 5.03. The Morgan fingerprint density at radius 3 is 2.79 bits per heavy atom. The second-order valence-electron chi connectivity index (χ2n) is 4.75. The number of methoxy groups -OCH3 is 1. The van der Waals surface area contributed by atoms with Gasteiger partial charge in [0.2, 0.25) is 0 Å². The third-order valence-electron chi connectivity index (χ3n) is 2.76. The Morgan fingerprint density at radius 1 is 1.47 bits per heavy atom. The van der Waals surface area contributed by atoms with Crippen molar-refractivity contribution in [2.45, 2.75) is 26.0 Å². The smallest absolute Gasteiger partial charge is 0.173 e. The van der Waals surface area contributed by atoms with Crippen LogP contribution >= 0.6 is 11.8 Å². The Bertz CT molecular complexity index is 433. The lowest BCUT2D eigenvalue weighted by molar-refractivity contribution is 0.318. The molecule has 0 aromatic heterocycles. The zero-order valence-electron chi connectivity index (χ0n) is 11.7. The zero-order chi connectivity index (χ0) is 14.3. The molecule has 5 heteroatoms. The van der Waals surface area contributed by atoms with E-state index in [1.807, 2.05) is 30.0 Å². The fourth-order valence-corrected chi connectivity index (χ4v) is 2.80. The summed E-state index contributed by atoms with van der Waals surface area (Å²) in [6.07, 6.45) is 1.23. The normalized spacial score (nSPS) is 11.9. The lowest BCUT2D eigenvalue weighted by Gasteiger charge is -2.10. The molecule has 0 aliphatic heterocycles. The predicted octanol–water partition coefficient (Wildman–Crippen LogP) is 3.07. The van der Waals surface area contributed by atoms with E-state index in [1.165, 1.54) is 12.0 Å². The zero-order valence-corrected chi connectivity index (χ0v) is 12.5. The van der Waals surface area contributed by atoms with E-state index in [4.69, 9.17) is 15.7 Å². The fraction of sp³-hybridized carbons (Fsp3) is 0.500. The Morgan fingerprint density at radius 2 is 2.21 bits per heavy atom. The van der Waals surface area contributed by atoms with Gasteiger partial charge in [0.15, 0.2) is 5.84 Å². The van der Waals surface area contributed by atoms with Gasteiger partial charge in [0, 0.05) is 5.75 Å². The summed E-state index contributed by atoms with van der Waals surface area (Å²) < 4.78 is 5.27. The number of nitrogens with zero attached hydrogens (tertiary/aromatic N) is 1. The molecule has 0 saturated heterocycles. The van der Waals surface area contributed by atoms with Crippen LogP contribution in [0.2, 0.25) is 0 Å². The van der Waals surface area contributed by atoms with Gasteiger partial charge in [-0.15, -0.1) is 0 Å². The maximum absolute atomic E-state index is 8.71. The molecular weight excluding hydrogens is 260 g/mol. The third-order valence-corrected chi connectivity index (χ3v) is 3.82. The molecule has 4 nitrogen and oxygen atoms in total. The number of oxime groups is 1. The van der Waals surface area contributed by atoms with Gasteiger partial charge in [-0.3, -0.25) is 0 Å². The standard InChI is InChI=1S/C14H22N2O2S/c1-10(2)6-7-19-9-11-4-5-12(14(15)16-17)13(8-11)18-3/h4-5,8,10,17H,6-7,9H2,1-3H3,(H2,15,16). The van der Waals surface area contributed by atoms with Crippen molar-refractivity contribution in [2.75, 3.05) is 12.9 Å². The average molecular weight is 282 g/mol. The molecule has 0 fully saturated rings. The molecule has 0 radical (unpaired) electrons. The topological polar surface area (TPSA) is 67.8 Å². The van der Waals surface area contributed by atoms with Gasteiger partial charge in [-0.2, -0.15) is 11.8 Å². The Balaban J connectivity index is 2.67. The van der Waals surface area contributed by atoms with E-state index in [-0.39, 0.29) is 5.84 Å². The number of amidine groups is 1. The van der Waals surface area contributed by atoms with Crippen molar-refractivity contribution in [2.24, 2.45) is 16.8 Å². The molecule has 1 aromatic rings. The van der Waals surface area contributed by atoms with Crippen LogP contribution in [0.3, 0.4) is 0 Å². The summed E-state index contributed by atoms with van der Waals surface area (Å²) in [6, 6.07) is 5.75. The van der Waals surface area contributed by atoms with Gasteiger partial charge in [-0.25, -0.2) is 0 Å². The summed E-state index contributed by atoms with van der Waals surface area (Å²) in [6.45, 7) is 4.46. The maximum Gasteiger partial charge on any atom is 0.173 e. The van der Waals surface area contributed by atoms with Crippen LogP contribution in [-0.2, 0) is 5.75 Å². The number of rotatable bonds is 7. The summed E-state index contributed by atoms with van der Waals surface area (Å²) in [7, 11) is 1.58. The van der Waals surface area contributed by atoms with Crippen molar-refractivity contribution in [1.29, 1.82) is 0 Å². The van der Waals surface area contributed by atoms with E-state index >= 15 is 0 Å². The highest BCUT2D eigenvalue weighted by molar-refractivity contribution is 7.98. The largest absolute Gasteiger partial charge is 0.496 e. The molecule has 0 amide bonds. The van der Waals surface area contributed by atoms with E-state index in [0.29, 0.717) is 11.3 Å². The Hall–Kier alpha value is -1.36. The first-order valence-corrected chi connectivity index (χ1v) is 7.46. The van der Waals surface area contributed by atoms with Gasteiger partial charge in [-0.1, -0.05) is 25.1 Å². The molecule has 0 unspecified atom stereocenters. The molecule has 19 heavy (non-hydrogen) atoms. The molecule has 0 aliphatic rings. The summed E-state index contributed by atoms with van der Waals surface area (Å²) in [5.41, 5.74) is 7.38. The van der Waals surface area contributed by atoms with Gasteiger partial charge < -0.3 is 15.7 Å². The Labute approximate surface area is 119 Å². The van der Waals surface area contributed by atoms with Gasteiger partial charge in [0.1, 0.15) is 5.75 Å². The van der Waals surface area contributed by atoms with E-state index in [9.17, 15) is 0 Å². The first-order valence-electron chi connectivity index (χ1n) is 6.31. The molecule has 0 aliphatic carbocycles. The number of hydrogen-bond acceptors (Lipinski definition) is 4. The average Bonchev–Trinajstić information content (AvgIpc) is 2.42. The molecule has 0 atom stereocenters. The van der Waals surface area contributed by atoms with Crippen molar-refractivity contribution in [1.82, 2.24) is 0 Å². The lowest BCUT2D eigenvalue weighted by Crippen LogP contribution is -2.14. The highest BCUT2D eigenvalue weighted by atomic mass is 32.2. The van der Waals surface area contributed by atoms with Gasteiger partial charge in [0.05, 0.1) is 12.7 Å². The highest BCUT2D eigenvalue weighted by Crippen LogP contribution is 2.23. The number of thioether (sulfide) groups is 1. The fourth-order valence-electron chi connectivity index (χ4n) is 1.60. The van der Waals surface area contributed by atoms with Crippen molar-refractivity contribution in [3.8, 4) is 5.75 Å². The molecule has 0 saturated carbocycles. The second kappa shape index (κ2) is 7.94. The van der Waals surface area contributed by atoms with Gasteiger partial charge >= 0.3 is 0 Å². The number of nitrogens with two attached hydrogens (primary N) is 1. The van der Waals surface area contributed by atoms with Crippen molar-refractivity contribution >= 4 is 17.6 Å². The summed E-state index contributed by atoms with van der Waals surface area (Å²) in [5.74, 6) is 3.54. The molecular formula is C14H22N2O2S. The predicted molar refractivity (Wildman–Crippen MR) is 81.1 cm³/mol. The minimum atomic E-state index is 0.0656. The first-order chi connectivity index (χ1) is 9.08. The minimum absolute atomic E-state index is 0.0656. The molecule has 106 valence electrons. The highest BCUT2D eigenvalue weighted by Gasteiger charge is 2.08. The summed E-state index contributed by atoms with van der Waals surface area (Å²) in [4.78, 5) is 0. The molecule has 3 N–H and O–H groups in total. The maximum atomic E-state index is 8.71. The Kier molecular flexibility index (Phi) is 6.56. The van der Waals surface area contributed by atoms with Crippen LogP contribution in [0, 0.1) is 5.92 Å². The quantitative estimate of drug-likeness (QED) is 0.265. The number of ether oxygens (including phenoxy) is 1. The molecule has 0 heterocycles. The van der Waals surface area contributed by atoms with Crippen LogP contribution in [0.15, 0.2) is 23.4 Å². The van der Waals surface area contributed by atoms with Crippen LogP contribution in [0.5, 0.6) is 5.75 Å². The lowest BCUT2D eigenvalue weighted by atomic mass is 10.1. The second-order valence-corrected chi connectivity index (χ2v) is 5.86. The summed E-state index contributed by atoms with van der Waals surface area (Å²) in [5, 5.41) is 11.7. The van der Waals surface area contributed by atoms with Gasteiger partial charge in [-0.05, 0) is 35.8 Å². The number of hydrogen-bond donors (Lipinski definition) is 2. The molecule has 1 rings (SSSR count). The van der Waals surface area contributed by atoms with Crippen molar-refractivity contribution in [3.63, 3.8) is 0 Å². The van der Waals surface area contributed by atoms with Gasteiger partial charge in [0.25, 0.3) is 0 Å². The van der Waals surface area contributed by atoms with Crippen LogP contribution < -0.4 is 10.5 Å². The number of benzene rings is 1. The first kappa shape index (κ1) is 15.7. The van der Waals surface area contributed by atoms with Crippen LogP contribution in [0.4, 0.5) is 0 Å². The monoisotopic (exact) mass is 282 g/mol. The van der Waals surface area contributed by atoms with Crippen LogP contribution in [0.25, 0.3) is 0 Å².